The highest BCUT2D eigenvalue weighted by atomic mass is 16.4. The number of carbonyl (C=O) groups is 1. The average molecular weight is 261 g/mol. The van der Waals surface area contributed by atoms with E-state index in [2.05, 4.69) is 36.1 Å². The fourth-order valence-corrected chi connectivity index (χ4v) is 2.86. The zero-order valence-electron chi connectivity index (χ0n) is 11.6. The molecular weight excluding hydrogens is 238 g/mol. The summed E-state index contributed by atoms with van der Waals surface area (Å²) < 4.78 is 0. The highest BCUT2D eigenvalue weighted by molar-refractivity contribution is 5.73. The second-order valence-corrected chi connectivity index (χ2v) is 5.30. The normalized spacial score (nSPS) is 17.5. The lowest BCUT2D eigenvalue weighted by Crippen LogP contribution is -2.42. The number of carboxylic acids is 1. The maximum absolute atomic E-state index is 11.4. The van der Waals surface area contributed by atoms with Gasteiger partial charge in [-0.05, 0) is 30.4 Å². The zero-order valence-corrected chi connectivity index (χ0v) is 11.6. The summed E-state index contributed by atoms with van der Waals surface area (Å²) in [6, 6.07) is 8.16. The molecule has 0 spiro atoms. The smallest absolute Gasteiger partial charge is 0.320 e. The molecule has 1 aromatic rings. The third-order valence-electron chi connectivity index (χ3n) is 4.01. The predicted octanol–water partition coefficient (Wildman–Crippen LogP) is 2.73. The molecule has 3 heteroatoms. The molecule has 0 aromatic heterocycles. The van der Waals surface area contributed by atoms with E-state index < -0.39 is 5.97 Å². The van der Waals surface area contributed by atoms with E-state index >= 15 is 0 Å². The summed E-state index contributed by atoms with van der Waals surface area (Å²) in [5.41, 5.74) is 2.76. The molecule has 0 bridgehead atoms. The Balaban J connectivity index is 2.04. The molecule has 1 aliphatic rings. The van der Waals surface area contributed by atoms with E-state index in [1.54, 1.807) is 0 Å². The van der Waals surface area contributed by atoms with E-state index in [-0.39, 0.29) is 6.04 Å². The SMILES string of the molecule is CCCCC(C(=O)O)N1CCc2ccccc2CC1. The van der Waals surface area contributed by atoms with Crippen LogP contribution in [-0.4, -0.2) is 35.1 Å². The molecule has 104 valence electrons. The molecule has 1 unspecified atom stereocenters. The Morgan fingerprint density at radius 1 is 1.26 bits per heavy atom. The highest BCUT2D eigenvalue weighted by Crippen LogP contribution is 2.19. The number of unbranched alkanes of at least 4 members (excludes halogenated alkanes) is 1. The first-order valence-corrected chi connectivity index (χ1v) is 7.26. The second-order valence-electron chi connectivity index (χ2n) is 5.30. The van der Waals surface area contributed by atoms with E-state index in [1.165, 1.54) is 11.1 Å². The summed E-state index contributed by atoms with van der Waals surface area (Å²) in [4.78, 5) is 13.6. The van der Waals surface area contributed by atoms with Crippen molar-refractivity contribution in [3.63, 3.8) is 0 Å². The lowest BCUT2D eigenvalue weighted by molar-refractivity contribution is -0.143. The Morgan fingerprint density at radius 3 is 2.32 bits per heavy atom. The van der Waals surface area contributed by atoms with Crippen molar-refractivity contribution in [1.29, 1.82) is 0 Å². The molecule has 0 amide bonds. The fourth-order valence-electron chi connectivity index (χ4n) is 2.86. The standard InChI is InChI=1S/C16H23NO2/c1-2-3-8-15(16(18)19)17-11-9-13-6-4-5-7-14(13)10-12-17/h4-7,15H,2-3,8-12H2,1H3,(H,18,19). The molecule has 1 atom stereocenters. The first kappa shape index (κ1) is 14.1. The van der Waals surface area contributed by atoms with Gasteiger partial charge in [0.05, 0.1) is 0 Å². The largest absolute Gasteiger partial charge is 0.480 e. The van der Waals surface area contributed by atoms with Crippen LogP contribution in [0.5, 0.6) is 0 Å². The molecule has 0 saturated carbocycles. The summed E-state index contributed by atoms with van der Waals surface area (Å²) in [6.07, 6.45) is 4.73. The van der Waals surface area contributed by atoms with Crippen LogP contribution in [0.25, 0.3) is 0 Å². The minimum atomic E-state index is -0.667. The van der Waals surface area contributed by atoms with Gasteiger partial charge in [0.2, 0.25) is 0 Å². The molecule has 2 rings (SSSR count). The van der Waals surface area contributed by atoms with Gasteiger partial charge in [-0.15, -0.1) is 0 Å². The van der Waals surface area contributed by atoms with Crippen LogP contribution in [0.4, 0.5) is 0 Å². The molecule has 1 aliphatic heterocycles. The van der Waals surface area contributed by atoms with Crippen LogP contribution in [0.15, 0.2) is 24.3 Å². The van der Waals surface area contributed by atoms with Crippen LogP contribution in [0, 0.1) is 0 Å². The van der Waals surface area contributed by atoms with E-state index in [9.17, 15) is 9.90 Å². The van der Waals surface area contributed by atoms with Crippen molar-refractivity contribution in [2.75, 3.05) is 13.1 Å². The van der Waals surface area contributed by atoms with Gasteiger partial charge >= 0.3 is 5.97 Å². The number of carboxylic acid groups (broad SMARTS) is 1. The van der Waals surface area contributed by atoms with Crippen LogP contribution < -0.4 is 0 Å². The van der Waals surface area contributed by atoms with Gasteiger partial charge in [-0.25, -0.2) is 0 Å². The number of rotatable bonds is 5. The van der Waals surface area contributed by atoms with E-state index in [0.717, 1.165) is 45.2 Å². The van der Waals surface area contributed by atoms with Gasteiger partial charge in [-0.2, -0.15) is 0 Å². The quantitative estimate of drug-likeness (QED) is 0.886. The number of hydrogen-bond donors (Lipinski definition) is 1. The third-order valence-corrected chi connectivity index (χ3v) is 4.01. The van der Waals surface area contributed by atoms with Gasteiger partial charge in [-0.3, -0.25) is 9.69 Å². The molecule has 1 aromatic carbocycles. The summed E-state index contributed by atoms with van der Waals surface area (Å²) in [5.74, 6) is -0.667. The highest BCUT2D eigenvalue weighted by Gasteiger charge is 2.26. The maximum Gasteiger partial charge on any atom is 0.320 e. The predicted molar refractivity (Wildman–Crippen MR) is 76.4 cm³/mol. The molecular formula is C16H23NO2. The molecule has 3 nitrogen and oxygen atoms in total. The molecule has 0 radical (unpaired) electrons. The first-order valence-electron chi connectivity index (χ1n) is 7.26. The van der Waals surface area contributed by atoms with Crippen molar-refractivity contribution in [1.82, 2.24) is 4.90 Å². The number of fused-ring (bicyclic) bond motifs is 1. The molecule has 1 N–H and O–H groups in total. The third kappa shape index (κ3) is 3.57. The minimum Gasteiger partial charge on any atom is -0.480 e. The van der Waals surface area contributed by atoms with Crippen LogP contribution in [0.1, 0.15) is 37.3 Å². The summed E-state index contributed by atoms with van der Waals surface area (Å²) in [7, 11) is 0. The number of nitrogens with zero attached hydrogens (tertiary/aromatic N) is 1. The molecule has 1 heterocycles. The van der Waals surface area contributed by atoms with Crippen molar-refractivity contribution in [3.05, 3.63) is 35.4 Å². The lowest BCUT2D eigenvalue weighted by Gasteiger charge is -2.27. The summed E-state index contributed by atoms with van der Waals surface area (Å²) in [5, 5.41) is 9.42. The Bertz CT molecular complexity index is 404. The molecule has 0 saturated heterocycles. The van der Waals surface area contributed by atoms with E-state index in [4.69, 9.17) is 0 Å². The molecule has 0 aliphatic carbocycles. The van der Waals surface area contributed by atoms with Crippen molar-refractivity contribution >= 4 is 5.97 Å². The Hall–Kier alpha value is -1.35. The molecule has 0 fully saturated rings. The average Bonchev–Trinajstić information content (AvgIpc) is 2.62. The second kappa shape index (κ2) is 6.71. The van der Waals surface area contributed by atoms with Crippen LogP contribution >= 0.6 is 0 Å². The van der Waals surface area contributed by atoms with Crippen molar-refractivity contribution in [3.8, 4) is 0 Å². The summed E-state index contributed by atoms with van der Waals surface area (Å²) in [6.45, 7) is 3.83. The van der Waals surface area contributed by atoms with Crippen LogP contribution in [0.2, 0.25) is 0 Å². The van der Waals surface area contributed by atoms with Gasteiger partial charge in [0.1, 0.15) is 6.04 Å². The Morgan fingerprint density at radius 2 is 1.84 bits per heavy atom. The number of hydrogen-bond acceptors (Lipinski definition) is 2. The minimum absolute atomic E-state index is 0.311. The monoisotopic (exact) mass is 261 g/mol. The van der Waals surface area contributed by atoms with E-state index in [0.29, 0.717) is 0 Å². The van der Waals surface area contributed by atoms with Gasteiger partial charge < -0.3 is 5.11 Å². The summed E-state index contributed by atoms with van der Waals surface area (Å²) >= 11 is 0. The van der Waals surface area contributed by atoms with Gasteiger partial charge in [-0.1, -0.05) is 44.0 Å². The van der Waals surface area contributed by atoms with Crippen molar-refractivity contribution in [2.24, 2.45) is 0 Å². The van der Waals surface area contributed by atoms with Crippen molar-refractivity contribution < 1.29 is 9.90 Å². The van der Waals surface area contributed by atoms with Gasteiger partial charge in [0.15, 0.2) is 0 Å². The van der Waals surface area contributed by atoms with E-state index in [1.807, 2.05) is 0 Å². The van der Waals surface area contributed by atoms with Crippen molar-refractivity contribution in [2.45, 2.75) is 45.1 Å². The topological polar surface area (TPSA) is 40.5 Å². The van der Waals surface area contributed by atoms with Gasteiger partial charge in [0.25, 0.3) is 0 Å². The van der Waals surface area contributed by atoms with Crippen LogP contribution in [0.3, 0.4) is 0 Å². The fraction of sp³-hybridized carbons (Fsp3) is 0.562. The van der Waals surface area contributed by atoms with Gasteiger partial charge in [0, 0.05) is 13.1 Å². The zero-order chi connectivity index (χ0) is 13.7. The first-order chi connectivity index (χ1) is 9.22. The Labute approximate surface area is 115 Å². The molecule has 19 heavy (non-hydrogen) atoms. The number of aliphatic carboxylic acids is 1. The van der Waals surface area contributed by atoms with Crippen LogP contribution in [-0.2, 0) is 17.6 Å². The Kier molecular flexibility index (Phi) is 4.97. The number of benzene rings is 1. The lowest BCUT2D eigenvalue weighted by atomic mass is 10.0. The maximum atomic E-state index is 11.4.